The zero-order valence-electron chi connectivity index (χ0n) is 11.2. The Morgan fingerprint density at radius 1 is 1.47 bits per heavy atom. The first-order valence-electron chi connectivity index (χ1n) is 5.78. The van der Waals surface area contributed by atoms with Gasteiger partial charge in [-0.3, -0.25) is 14.6 Å². The average Bonchev–Trinajstić information content (AvgIpc) is 2.22. The summed E-state index contributed by atoms with van der Waals surface area (Å²) in [6.45, 7) is 2.02. The van der Waals surface area contributed by atoms with Crippen molar-refractivity contribution in [2.24, 2.45) is 0 Å². The summed E-state index contributed by atoms with van der Waals surface area (Å²) in [5.74, 6) is -0.905. The summed E-state index contributed by atoms with van der Waals surface area (Å²) in [4.78, 5) is 26.8. The van der Waals surface area contributed by atoms with Gasteiger partial charge in [-0.1, -0.05) is 0 Å². The number of pyridine rings is 1. The second-order valence-electron chi connectivity index (χ2n) is 5.04. The van der Waals surface area contributed by atoms with E-state index in [2.05, 4.69) is 10.3 Å². The number of nitrogens with one attached hydrogen (secondary N) is 2. The van der Waals surface area contributed by atoms with E-state index in [4.69, 9.17) is 0 Å². The van der Waals surface area contributed by atoms with Gasteiger partial charge in [0.1, 0.15) is 0 Å². The molecule has 0 bridgehead atoms. The lowest BCUT2D eigenvalue weighted by Crippen LogP contribution is -2.47. The van der Waals surface area contributed by atoms with Crippen LogP contribution in [0.1, 0.15) is 17.3 Å². The van der Waals surface area contributed by atoms with E-state index in [-0.39, 0.29) is 18.0 Å². The van der Waals surface area contributed by atoms with Crippen molar-refractivity contribution in [3.8, 4) is 5.88 Å². The molecule has 0 saturated heterocycles. The summed E-state index contributed by atoms with van der Waals surface area (Å²) in [6.07, 6.45) is 0. The maximum Gasteiger partial charge on any atom is 0.251 e. The van der Waals surface area contributed by atoms with E-state index in [9.17, 15) is 19.8 Å². The molecule has 1 unspecified atom stereocenters. The predicted molar refractivity (Wildman–Crippen MR) is 70.2 cm³/mol. The smallest absolute Gasteiger partial charge is 0.251 e. The van der Waals surface area contributed by atoms with Crippen molar-refractivity contribution in [3.63, 3.8) is 0 Å². The monoisotopic (exact) mass is 269 g/mol. The highest BCUT2D eigenvalue weighted by atomic mass is 16.3. The van der Waals surface area contributed by atoms with E-state index in [0.29, 0.717) is 6.54 Å². The zero-order valence-corrected chi connectivity index (χ0v) is 11.2. The summed E-state index contributed by atoms with van der Waals surface area (Å²) in [7, 11) is 3.62. The molecule has 0 aromatic carbocycles. The van der Waals surface area contributed by atoms with Crippen LogP contribution in [0.25, 0.3) is 0 Å². The van der Waals surface area contributed by atoms with Gasteiger partial charge in [-0.05, 0) is 21.0 Å². The molecule has 1 rings (SSSR count). The number of likely N-dealkylation sites (N-methyl/N-ethyl adjacent to an activating group) is 1. The number of nitrogens with zero attached hydrogens (tertiary/aromatic N) is 1. The summed E-state index contributed by atoms with van der Waals surface area (Å²) in [6, 6.07) is 2.23. The fraction of sp³-hybridized carbons (Fsp3) is 0.500. The molecule has 0 fully saturated rings. The van der Waals surface area contributed by atoms with Gasteiger partial charge in [-0.2, -0.15) is 0 Å². The number of aromatic nitrogens is 1. The zero-order chi connectivity index (χ0) is 14.6. The number of aromatic hydroxyl groups is 1. The van der Waals surface area contributed by atoms with Crippen LogP contribution in [0.3, 0.4) is 0 Å². The summed E-state index contributed by atoms with van der Waals surface area (Å²) < 4.78 is 0. The molecular formula is C12H19N3O4. The minimum Gasteiger partial charge on any atom is -0.494 e. The third-order valence-corrected chi connectivity index (χ3v) is 2.38. The molecule has 0 aliphatic carbocycles. The van der Waals surface area contributed by atoms with Crippen molar-refractivity contribution < 1.29 is 15.0 Å². The number of carbonyl (C=O) groups excluding carboxylic acids is 1. The topological polar surface area (TPSA) is 106 Å². The van der Waals surface area contributed by atoms with E-state index in [1.165, 1.54) is 0 Å². The number of carbonyl (C=O) groups is 1. The summed E-state index contributed by atoms with van der Waals surface area (Å²) in [5, 5.41) is 21.7. The van der Waals surface area contributed by atoms with Crippen molar-refractivity contribution >= 4 is 5.91 Å². The highest BCUT2D eigenvalue weighted by molar-refractivity contribution is 5.94. The summed E-state index contributed by atoms with van der Waals surface area (Å²) >= 11 is 0. The maximum atomic E-state index is 11.8. The number of hydrogen-bond donors (Lipinski definition) is 4. The molecule has 0 saturated carbocycles. The van der Waals surface area contributed by atoms with Gasteiger partial charge in [0.05, 0.1) is 11.2 Å². The number of amides is 1. The van der Waals surface area contributed by atoms with Crippen LogP contribution in [-0.4, -0.2) is 58.8 Å². The number of aromatic amines is 1. The Kier molecular flexibility index (Phi) is 4.68. The van der Waals surface area contributed by atoms with Gasteiger partial charge in [0.15, 0.2) is 5.88 Å². The lowest BCUT2D eigenvalue weighted by atomic mass is 10.1. The second kappa shape index (κ2) is 5.85. The fourth-order valence-electron chi connectivity index (χ4n) is 1.77. The lowest BCUT2D eigenvalue weighted by Gasteiger charge is -2.27. The standard InChI is InChI=1S/C12H19N3O4/c1-12(19,7-15(2)3)6-13-11(18)8-4-9(16)14-10(17)5-8/h4-5,19H,6-7H2,1-3H3,(H,13,18)(H2,14,16,17). The number of aliphatic hydroxyl groups is 1. The van der Waals surface area contributed by atoms with Crippen molar-refractivity contribution in [1.82, 2.24) is 15.2 Å². The molecule has 1 aromatic heterocycles. The van der Waals surface area contributed by atoms with Crippen LogP contribution < -0.4 is 10.9 Å². The van der Waals surface area contributed by atoms with E-state index in [1.807, 2.05) is 14.1 Å². The highest BCUT2D eigenvalue weighted by Gasteiger charge is 2.22. The van der Waals surface area contributed by atoms with Crippen LogP contribution in [0.2, 0.25) is 0 Å². The first kappa shape index (κ1) is 15.2. The number of hydrogen-bond acceptors (Lipinski definition) is 5. The Balaban J connectivity index is 2.67. The molecule has 0 radical (unpaired) electrons. The average molecular weight is 269 g/mol. The first-order valence-corrected chi connectivity index (χ1v) is 5.78. The van der Waals surface area contributed by atoms with Crippen LogP contribution in [-0.2, 0) is 0 Å². The molecule has 0 spiro atoms. The molecule has 1 aromatic rings. The van der Waals surface area contributed by atoms with Crippen molar-refractivity contribution in [3.05, 3.63) is 28.0 Å². The molecule has 7 heteroatoms. The van der Waals surface area contributed by atoms with Crippen LogP contribution >= 0.6 is 0 Å². The summed E-state index contributed by atoms with van der Waals surface area (Å²) in [5.41, 5.74) is -1.60. The van der Waals surface area contributed by atoms with Gasteiger partial charge in [0.2, 0.25) is 0 Å². The minimum absolute atomic E-state index is 0.0393. The maximum absolute atomic E-state index is 11.8. The van der Waals surface area contributed by atoms with Gasteiger partial charge in [0.25, 0.3) is 11.5 Å². The Morgan fingerprint density at radius 3 is 2.63 bits per heavy atom. The van der Waals surface area contributed by atoms with Crippen molar-refractivity contribution in [2.45, 2.75) is 12.5 Å². The number of H-pyrrole nitrogens is 1. The molecular weight excluding hydrogens is 250 g/mol. The Morgan fingerprint density at radius 2 is 2.11 bits per heavy atom. The van der Waals surface area contributed by atoms with Gasteiger partial charge >= 0.3 is 0 Å². The predicted octanol–water partition coefficient (Wildman–Crippen LogP) is -0.877. The van der Waals surface area contributed by atoms with E-state index in [1.54, 1.807) is 11.8 Å². The van der Waals surface area contributed by atoms with E-state index < -0.39 is 17.1 Å². The Hall–Kier alpha value is -1.86. The van der Waals surface area contributed by atoms with Crippen LogP contribution in [0.4, 0.5) is 0 Å². The number of rotatable bonds is 5. The molecule has 1 heterocycles. The Labute approximate surface area is 110 Å². The minimum atomic E-state index is -1.08. The first-order chi connectivity index (χ1) is 8.69. The van der Waals surface area contributed by atoms with E-state index >= 15 is 0 Å². The fourth-order valence-corrected chi connectivity index (χ4v) is 1.77. The molecule has 0 aliphatic heterocycles. The molecule has 4 N–H and O–H groups in total. The van der Waals surface area contributed by atoms with Crippen molar-refractivity contribution in [1.29, 1.82) is 0 Å². The normalized spacial score (nSPS) is 14.2. The van der Waals surface area contributed by atoms with Crippen LogP contribution in [0.15, 0.2) is 16.9 Å². The quantitative estimate of drug-likeness (QED) is 0.555. The van der Waals surface area contributed by atoms with E-state index in [0.717, 1.165) is 12.1 Å². The van der Waals surface area contributed by atoms with Gasteiger partial charge in [-0.25, -0.2) is 0 Å². The van der Waals surface area contributed by atoms with Crippen LogP contribution in [0, 0.1) is 0 Å². The molecule has 106 valence electrons. The Bertz CT molecular complexity index is 508. The molecule has 7 nitrogen and oxygen atoms in total. The molecule has 1 atom stereocenters. The van der Waals surface area contributed by atoms with Gasteiger partial charge < -0.3 is 20.4 Å². The second-order valence-corrected chi connectivity index (χ2v) is 5.04. The highest BCUT2D eigenvalue weighted by Crippen LogP contribution is 2.06. The van der Waals surface area contributed by atoms with Crippen LogP contribution in [0.5, 0.6) is 5.88 Å². The van der Waals surface area contributed by atoms with Gasteiger partial charge in [0, 0.05) is 25.2 Å². The molecule has 0 aliphatic rings. The molecule has 1 amide bonds. The largest absolute Gasteiger partial charge is 0.494 e. The van der Waals surface area contributed by atoms with Gasteiger partial charge in [-0.15, -0.1) is 0 Å². The lowest BCUT2D eigenvalue weighted by molar-refractivity contribution is 0.0326. The van der Waals surface area contributed by atoms with Crippen molar-refractivity contribution in [2.75, 3.05) is 27.2 Å². The third kappa shape index (κ3) is 5.11. The third-order valence-electron chi connectivity index (χ3n) is 2.38. The SMILES string of the molecule is CN(C)CC(C)(O)CNC(=O)c1cc(O)[nH]c(=O)c1. The molecule has 19 heavy (non-hydrogen) atoms.